The van der Waals surface area contributed by atoms with E-state index in [1.807, 2.05) is 0 Å². The normalized spacial score (nSPS) is 18.2. The smallest absolute Gasteiger partial charge is 0.261 e. The van der Waals surface area contributed by atoms with Crippen LogP contribution in [-0.4, -0.2) is 26.7 Å². The van der Waals surface area contributed by atoms with E-state index >= 15 is 0 Å². The van der Waals surface area contributed by atoms with Crippen molar-refractivity contribution in [3.63, 3.8) is 0 Å². The number of nitrogens with zero attached hydrogens (tertiary/aromatic N) is 1. The van der Waals surface area contributed by atoms with Crippen LogP contribution >= 0.6 is 0 Å². The van der Waals surface area contributed by atoms with Gasteiger partial charge in [-0.05, 0) is 33.7 Å². The summed E-state index contributed by atoms with van der Waals surface area (Å²) in [6, 6.07) is 22.0. The monoisotopic (exact) mass is 393 g/mol. The Kier molecular flexibility index (Phi) is 5.97. The molecule has 28 heavy (non-hydrogen) atoms. The maximum atomic E-state index is 7.04. The van der Waals surface area contributed by atoms with Gasteiger partial charge in [0.25, 0.3) is 8.32 Å². The van der Waals surface area contributed by atoms with Gasteiger partial charge in [-0.3, -0.25) is 4.99 Å². The highest BCUT2D eigenvalue weighted by Crippen LogP contribution is 2.37. The number of hydrogen-bond donors (Lipinski definition) is 0. The topological polar surface area (TPSA) is 21.6 Å². The third-order valence-corrected chi connectivity index (χ3v) is 10.8. The highest BCUT2D eigenvalue weighted by Gasteiger charge is 2.50. The Morgan fingerprint density at radius 1 is 0.857 bits per heavy atom. The fraction of sp³-hybridized carbons (Fsp3) is 0.480. The van der Waals surface area contributed by atoms with Crippen molar-refractivity contribution < 1.29 is 4.43 Å². The van der Waals surface area contributed by atoms with Crippen molar-refractivity contribution in [1.82, 2.24) is 0 Å². The first kappa shape index (κ1) is 21.0. The van der Waals surface area contributed by atoms with E-state index in [9.17, 15) is 0 Å². The van der Waals surface area contributed by atoms with Gasteiger partial charge in [-0.25, -0.2) is 0 Å². The van der Waals surface area contributed by atoms with Gasteiger partial charge in [-0.15, -0.1) is 0 Å². The van der Waals surface area contributed by atoms with Crippen LogP contribution < -0.4 is 10.4 Å². The molecule has 2 aromatic rings. The summed E-state index contributed by atoms with van der Waals surface area (Å²) in [6.07, 6.45) is 2.20. The van der Waals surface area contributed by atoms with E-state index in [-0.39, 0.29) is 16.5 Å². The average Bonchev–Trinajstić information content (AvgIpc) is 3.12. The second-order valence-electron chi connectivity index (χ2n) is 9.99. The number of hydrogen-bond acceptors (Lipinski definition) is 2. The van der Waals surface area contributed by atoms with Crippen molar-refractivity contribution in [2.75, 3.05) is 6.61 Å². The summed E-state index contributed by atoms with van der Waals surface area (Å²) >= 11 is 0. The highest BCUT2D eigenvalue weighted by molar-refractivity contribution is 6.99. The molecule has 2 nitrogen and oxygen atoms in total. The molecule has 0 saturated heterocycles. The van der Waals surface area contributed by atoms with Gasteiger partial charge in [0.1, 0.15) is 0 Å². The minimum absolute atomic E-state index is 0.0187. The summed E-state index contributed by atoms with van der Waals surface area (Å²) in [7, 11) is -2.45. The maximum Gasteiger partial charge on any atom is 0.261 e. The molecule has 0 spiro atoms. The maximum absolute atomic E-state index is 7.04. The first-order valence-electron chi connectivity index (χ1n) is 10.5. The standard InChI is InChI=1S/C25H35NOSi/c1-24(2,3)23-18-17-20(26-23)19-27-28(25(4,5)6,21-13-9-7-10-14-21)22-15-11-8-12-16-22/h7-16,20H,17-19H2,1-6H3/t20-/m0/s1. The zero-order valence-electron chi connectivity index (χ0n) is 18.3. The van der Waals surface area contributed by atoms with Gasteiger partial charge < -0.3 is 4.43 Å². The predicted octanol–water partition coefficient (Wildman–Crippen LogP) is 5.21. The van der Waals surface area contributed by atoms with Gasteiger partial charge in [-0.1, -0.05) is 102 Å². The van der Waals surface area contributed by atoms with E-state index < -0.39 is 8.32 Å². The Balaban J connectivity index is 1.99. The molecule has 3 heteroatoms. The first-order valence-corrected chi connectivity index (χ1v) is 12.4. The van der Waals surface area contributed by atoms with Crippen molar-refractivity contribution >= 4 is 24.4 Å². The van der Waals surface area contributed by atoms with E-state index in [1.165, 1.54) is 16.1 Å². The second-order valence-corrected chi connectivity index (χ2v) is 14.3. The summed E-state index contributed by atoms with van der Waals surface area (Å²) in [5.41, 5.74) is 1.50. The molecule has 0 unspecified atom stereocenters. The lowest BCUT2D eigenvalue weighted by molar-refractivity contribution is 0.272. The Labute approximate surface area is 172 Å². The zero-order chi connectivity index (χ0) is 20.4. The summed E-state index contributed by atoms with van der Waals surface area (Å²) < 4.78 is 7.04. The van der Waals surface area contributed by atoms with Crippen molar-refractivity contribution in [3.8, 4) is 0 Å². The number of aliphatic imine (C=N–C) groups is 1. The number of rotatable bonds is 5. The van der Waals surface area contributed by atoms with Crippen LogP contribution in [0.25, 0.3) is 0 Å². The van der Waals surface area contributed by atoms with Crippen molar-refractivity contribution in [2.24, 2.45) is 10.4 Å². The van der Waals surface area contributed by atoms with E-state index in [4.69, 9.17) is 9.42 Å². The Morgan fingerprint density at radius 2 is 1.36 bits per heavy atom. The van der Waals surface area contributed by atoms with Gasteiger partial charge >= 0.3 is 0 Å². The van der Waals surface area contributed by atoms with Crippen LogP contribution in [0.3, 0.4) is 0 Å². The van der Waals surface area contributed by atoms with Crippen molar-refractivity contribution in [3.05, 3.63) is 60.7 Å². The van der Waals surface area contributed by atoms with Gasteiger partial charge in [0.15, 0.2) is 0 Å². The molecule has 0 N–H and O–H groups in total. The Bertz CT molecular complexity index is 760. The van der Waals surface area contributed by atoms with Crippen LogP contribution in [0.15, 0.2) is 65.7 Å². The molecular weight excluding hydrogens is 358 g/mol. The second kappa shape index (κ2) is 7.96. The Morgan fingerprint density at radius 3 is 1.75 bits per heavy atom. The van der Waals surface area contributed by atoms with E-state index in [1.54, 1.807) is 0 Å². The quantitative estimate of drug-likeness (QED) is 0.639. The predicted molar refractivity (Wildman–Crippen MR) is 123 cm³/mol. The van der Waals surface area contributed by atoms with E-state index in [0.29, 0.717) is 6.61 Å². The molecule has 0 radical (unpaired) electrons. The fourth-order valence-corrected chi connectivity index (χ4v) is 8.92. The molecule has 0 fully saturated rings. The van der Waals surface area contributed by atoms with Crippen molar-refractivity contribution in [2.45, 2.75) is 65.5 Å². The molecule has 1 aliphatic rings. The lowest BCUT2D eigenvalue weighted by Gasteiger charge is -2.43. The lowest BCUT2D eigenvalue weighted by Crippen LogP contribution is -2.67. The van der Waals surface area contributed by atoms with Gasteiger partial charge in [-0.2, -0.15) is 0 Å². The van der Waals surface area contributed by atoms with E-state index in [2.05, 4.69) is 102 Å². The van der Waals surface area contributed by atoms with Crippen molar-refractivity contribution in [1.29, 1.82) is 0 Å². The highest BCUT2D eigenvalue weighted by atomic mass is 28.4. The molecule has 1 aliphatic heterocycles. The summed E-state index contributed by atoms with van der Waals surface area (Å²) in [5, 5.41) is 2.70. The van der Waals surface area contributed by atoms with Crippen LogP contribution in [-0.2, 0) is 4.43 Å². The average molecular weight is 394 g/mol. The SMILES string of the molecule is CC(C)(C)C1=N[C@H](CO[Si](c2ccccc2)(c2ccccc2)C(C)(C)C)CC1. The summed E-state index contributed by atoms with van der Waals surface area (Å²) in [6.45, 7) is 14.5. The molecule has 3 rings (SSSR count). The van der Waals surface area contributed by atoms with Gasteiger partial charge in [0.05, 0.1) is 12.6 Å². The van der Waals surface area contributed by atoms with Crippen LogP contribution in [0, 0.1) is 5.41 Å². The molecule has 1 heterocycles. The Hall–Kier alpha value is -1.71. The molecule has 1 atom stereocenters. The minimum atomic E-state index is -2.45. The summed E-state index contributed by atoms with van der Waals surface area (Å²) in [5.74, 6) is 0. The van der Waals surface area contributed by atoms with Crippen LogP contribution in [0.1, 0.15) is 54.4 Å². The van der Waals surface area contributed by atoms with Crippen LogP contribution in [0.5, 0.6) is 0 Å². The van der Waals surface area contributed by atoms with Crippen LogP contribution in [0.4, 0.5) is 0 Å². The molecule has 0 saturated carbocycles. The fourth-order valence-electron chi connectivity index (χ4n) is 4.32. The molecule has 0 aromatic heterocycles. The largest absolute Gasteiger partial charge is 0.405 e. The minimum Gasteiger partial charge on any atom is -0.405 e. The summed E-state index contributed by atoms with van der Waals surface area (Å²) in [4.78, 5) is 5.05. The van der Waals surface area contributed by atoms with Gasteiger partial charge in [0, 0.05) is 5.71 Å². The third kappa shape index (κ3) is 4.16. The van der Waals surface area contributed by atoms with Gasteiger partial charge in [0.2, 0.25) is 0 Å². The molecular formula is C25H35NOSi. The molecule has 150 valence electrons. The molecule has 0 bridgehead atoms. The molecule has 0 aliphatic carbocycles. The number of benzene rings is 2. The molecule has 2 aromatic carbocycles. The third-order valence-electron chi connectivity index (χ3n) is 5.83. The van der Waals surface area contributed by atoms with E-state index in [0.717, 1.165) is 12.8 Å². The van der Waals surface area contributed by atoms with Crippen LogP contribution in [0.2, 0.25) is 5.04 Å². The zero-order valence-corrected chi connectivity index (χ0v) is 19.3. The first-order chi connectivity index (χ1) is 13.1. The molecule has 0 amide bonds. The lowest BCUT2D eigenvalue weighted by atomic mass is 9.88.